The van der Waals surface area contributed by atoms with Gasteiger partial charge < -0.3 is 18.9 Å². The van der Waals surface area contributed by atoms with Crippen LogP contribution in [0, 0.1) is 0 Å². The molecule has 0 bridgehead atoms. The highest BCUT2D eigenvalue weighted by atomic mass is 16.2. The number of hydrogen-bond donors (Lipinski definition) is 0. The van der Waals surface area contributed by atoms with Crippen molar-refractivity contribution in [3.05, 3.63) is 73.4 Å². The number of nitrogens with zero attached hydrogens (tertiary/aromatic N) is 6. The SMILES string of the molecule is O=C(Cn1ccc2ccccc21)N1CCN(c2cc(-n3cccc3)ncn2)CC1. The largest absolute Gasteiger partial charge is 0.353 e. The average Bonchev–Trinajstić information content (AvgIpc) is 3.45. The normalized spacial score (nSPS) is 14.5. The molecule has 146 valence electrons. The Morgan fingerprint density at radius 3 is 2.45 bits per heavy atom. The van der Waals surface area contributed by atoms with E-state index < -0.39 is 0 Å². The molecule has 0 N–H and O–H groups in total. The van der Waals surface area contributed by atoms with Gasteiger partial charge in [0, 0.05) is 56.4 Å². The van der Waals surface area contributed by atoms with Crippen molar-refractivity contribution < 1.29 is 4.79 Å². The first-order valence-electron chi connectivity index (χ1n) is 9.80. The van der Waals surface area contributed by atoms with Crippen LogP contribution in [0.15, 0.2) is 73.4 Å². The maximum absolute atomic E-state index is 12.8. The zero-order valence-corrected chi connectivity index (χ0v) is 16.1. The predicted molar refractivity (Wildman–Crippen MR) is 112 cm³/mol. The molecule has 0 aliphatic carbocycles. The molecule has 0 saturated carbocycles. The molecule has 7 heteroatoms. The molecule has 4 heterocycles. The molecule has 1 aliphatic rings. The first kappa shape index (κ1) is 17.5. The molecule has 0 spiro atoms. The van der Waals surface area contributed by atoms with Gasteiger partial charge in [-0.15, -0.1) is 0 Å². The Kier molecular flexibility index (Phi) is 4.48. The molecule has 1 saturated heterocycles. The van der Waals surface area contributed by atoms with Crippen LogP contribution >= 0.6 is 0 Å². The molecule has 7 nitrogen and oxygen atoms in total. The zero-order valence-electron chi connectivity index (χ0n) is 16.1. The third kappa shape index (κ3) is 3.47. The van der Waals surface area contributed by atoms with Crippen molar-refractivity contribution in [1.82, 2.24) is 24.0 Å². The maximum atomic E-state index is 12.8. The number of carbonyl (C=O) groups is 1. The third-order valence-electron chi connectivity index (χ3n) is 5.45. The summed E-state index contributed by atoms with van der Waals surface area (Å²) in [6.45, 7) is 3.29. The van der Waals surface area contributed by atoms with Crippen molar-refractivity contribution in [2.24, 2.45) is 0 Å². The second kappa shape index (κ2) is 7.43. The van der Waals surface area contributed by atoms with Crippen molar-refractivity contribution in [3.63, 3.8) is 0 Å². The molecule has 4 aromatic rings. The van der Waals surface area contributed by atoms with Crippen molar-refractivity contribution >= 4 is 22.6 Å². The van der Waals surface area contributed by atoms with E-state index in [0.29, 0.717) is 19.6 Å². The van der Waals surface area contributed by atoms with E-state index >= 15 is 0 Å². The molecule has 0 radical (unpaired) electrons. The van der Waals surface area contributed by atoms with Gasteiger partial charge in [-0.2, -0.15) is 0 Å². The summed E-state index contributed by atoms with van der Waals surface area (Å²) >= 11 is 0. The molecule has 0 atom stereocenters. The standard InChI is InChI=1S/C22H22N6O/c29-22(16-28-10-7-18-5-1-2-6-19(18)28)27-13-11-26(12-14-27)21-15-20(23-17-24-21)25-8-3-4-9-25/h1-10,15,17H,11-14,16H2. The Morgan fingerprint density at radius 1 is 0.862 bits per heavy atom. The average molecular weight is 386 g/mol. The van der Waals surface area contributed by atoms with Gasteiger partial charge >= 0.3 is 0 Å². The van der Waals surface area contributed by atoms with Crippen molar-refractivity contribution in [2.75, 3.05) is 31.1 Å². The predicted octanol–water partition coefficient (Wildman–Crippen LogP) is 2.57. The lowest BCUT2D eigenvalue weighted by Gasteiger charge is -2.35. The van der Waals surface area contributed by atoms with E-state index in [-0.39, 0.29) is 5.91 Å². The minimum atomic E-state index is 0.154. The number of anilines is 1. The summed E-state index contributed by atoms with van der Waals surface area (Å²) in [7, 11) is 0. The summed E-state index contributed by atoms with van der Waals surface area (Å²) < 4.78 is 3.99. The van der Waals surface area contributed by atoms with E-state index in [1.54, 1.807) is 6.33 Å². The smallest absolute Gasteiger partial charge is 0.242 e. The van der Waals surface area contributed by atoms with Crippen LogP contribution < -0.4 is 4.90 Å². The van der Waals surface area contributed by atoms with Crippen molar-refractivity contribution in [2.45, 2.75) is 6.54 Å². The number of rotatable bonds is 4. The molecule has 1 amide bonds. The summed E-state index contributed by atoms with van der Waals surface area (Å²) in [5.41, 5.74) is 1.10. The van der Waals surface area contributed by atoms with Gasteiger partial charge in [-0.25, -0.2) is 9.97 Å². The number of piperazine rings is 1. The molecule has 1 aliphatic heterocycles. The Hall–Kier alpha value is -3.61. The molecule has 29 heavy (non-hydrogen) atoms. The van der Waals surface area contributed by atoms with Crippen molar-refractivity contribution in [1.29, 1.82) is 0 Å². The lowest BCUT2D eigenvalue weighted by molar-refractivity contribution is -0.132. The summed E-state index contributed by atoms with van der Waals surface area (Å²) in [5, 5.41) is 1.16. The summed E-state index contributed by atoms with van der Waals surface area (Å²) in [6, 6.07) is 16.1. The Balaban J connectivity index is 1.23. The van der Waals surface area contributed by atoms with Crippen LogP contribution in [0.3, 0.4) is 0 Å². The fourth-order valence-electron chi connectivity index (χ4n) is 3.85. The lowest BCUT2D eigenvalue weighted by Crippen LogP contribution is -2.49. The minimum Gasteiger partial charge on any atom is -0.353 e. The van der Waals surface area contributed by atoms with Crippen LogP contribution in [0.5, 0.6) is 0 Å². The van der Waals surface area contributed by atoms with Gasteiger partial charge in [0.05, 0.1) is 0 Å². The molecule has 0 unspecified atom stereocenters. The van der Waals surface area contributed by atoms with E-state index in [2.05, 4.69) is 33.1 Å². The molecule has 5 rings (SSSR count). The zero-order chi connectivity index (χ0) is 19.6. The summed E-state index contributed by atoms with van der Waals surface area (Å²) in [6.07, 6.45) is 7.52. The number of aromatic nitrogens is 4. The van der Waals surface area contributed by atoms with Crippen LogP contribution in [0.25, 0.3) is 16.7 Å². The molecular formula is C22H22N6O. The fraction of sp³-hybridized carbons (Fsp3) is 0.227. The minimum absolute atomic E-state index is 0.154. The first-order valence-corrected chi connectivity index (χ1v) is 9.80. The van der Waals surface area contributed by atoms with E-state index in [9.17, 15) is 4.79 Å². The summed E-state index contributed by atoms with van der Waals surface area (Å²) in [4.78, 5) is 25.8. The summed E-state index contributed by atoms with van der Waals surface area (Å²) in [5.74, 6) is 1.90. The van der Waals surface area contributed by atoms with Gasteiger partial charge in [-0.1, -0.05) is 18.2 Å². The van der Waals surface area contributed by atoms with E-state index in [0.717, 1.165) is 35.6 Å². The molecular weight excluding hydrogens is 364 g/mol. The Morgan fingerprint density at radius 2 is 1.62 bits per heavy atom. The van der Waals surface area contributed by atoms with Gasteiger partial charge in [0.1, 0.15) is 24.5 Å². The van der Waals surface area contributed by atoms with Gasteiger partial charge in [0.2, 0.25) is 5.91 Å². The molecule has 1 aromatic carbocycles. The first-order chi connectivity index (χ1) is 14.3. The Labute approximate surface area is 168 Å². The highest BCUT2D eigenvalue weighted by Gasteiger charge is 2.22. The quantitative estimate of drug-likeness (QED) is 0.541. The highest BCUT2D eigenvalue weighted by Crippen LogP contribution is 2.18. The van der Waals surface area contributed by atoms with Gasteiger partial charge in [-0.3, -0.25) is 4.79 Å². The van der Waals surface area contributed by atoms with Crippen LogP contribution in [0.4, 0.5) is 5.82 Å². The number of benzene rings is 1. The number of amides is 1. The third-order valence-corrected chi connectivity index (χ3v) is 5.45. The van der Waals surface area contributed by atoms with E-state index in [4.69, 9.17) is 0 Å². The molecule has 3 aromatic heterocycles. The number of fused-ring (bicyclic) bond motifs is 1. The van der Waals surface area contributed by atoms with E-state index in [1.807, 2.05) is 63.0 Å². The van der Waals surface area contributed by atoms with Gasteiger partial charge in [0.25, 0.3) is 0 Å². The van der Waals surface area contributed by atoms with Crippen molar-refractivity contribution in [3.8, 4) is 5.82 Å². The monoisotopic (exact) mass is 386 g/mol. The number of hydrogen-bond acceptors (Lipinski definition) is 4. The number of para-hydroxylation sites is 1. The second-order valence-electron chi connectivity index (χ2n) is 7.20. The van der Waals surface area contributed by atoms with Crippen LogP contribution in [-0.2, 0) is 11.3 Å². The van der Waals surface area contributed by atoms with Crippen LogP contribution in [-0.4, -0.2) is 56.1 Å². The molecule has 1 fully saturated rings. The van der Waals surface area contributed by atoms with Gasteiger partial charge in [-0.05, 0) is 29.7 Å². The van der Waals surface area contributed by atoms with Crippen LogP contribution in [0.1, 0.15) is 0 Å². The highest BCUT2D eigenvalue weighted by molar-refractivity contribution is 5.83. The van der Waals surface area contributed by atoms with E-state index in [1.165, 1.54) is 0 Å². The lowest BCUT2D eigenvalue weighted by atomic mass is 10.2. The Bertz CT molecular complexity index is 1130. The fourth-order valence-corrected chi connectivity index (χ4v) is 3.85. The maximum Gasteiger partial charge on any atom is 0.242 e. The second-order valence-corrected chi connectivity index (χ2v) is 7.20. The topological polar surface area (TPSA) is 59.2 Å². The van der Waals surface area contributed by atoms with Crippen LogP contribution in [0.2, 0.25) is 0 Å². The van der Waals surface area contributed by atoms with Gasteiger partial charge in [0.15, 0.2) is 0 Å². The number of carbonyl (C=O) groups excluding carboxylic acids is 1.